The molecule has 0 saturated carbocycles. The van der Waals surface area contributed by atoms with Crippen LogP contribution in [0.2, 0.25) is 0 Å². The first-order valence-corrected chi connectivity index (χ1v) is 4.28. The molecule has 0 amide bonds. The Morgan fingerprint density at radius 2 is 2.07 bits per heavy atom. The molecule has 0 aliphatic heterocycles. The molecule has 0 spiro atoms. The van der Waals surface area contributed by atoms with Crippen LogP contribution in [0, 0.1) is 12.7 Å². The molecule has 0 aliphatic rings. The molecule has 14 heavy (non-hydrogen) atoms. The maximum absolute atomic E-state index is 13.3. The van der Waals surface area contributed by atoms with E-state index in [0.717, 1.165) is 11.1 Å². The average Bonchev–Trinajstić information content (AvgIpc) is 2.19. The minimum Gasteiger partial charge on any atom is -0.493 e. The third-order valence-electron chi connectivity index (χ3n) is 2.04. The van der Waals surface area contributed by atoms with Gasteiger partial charge in [-0.3, -0.25) is 0 Å². The molecule has 0 aromatic heterocycles. The zero-order chi connectivity index (χ0) is 10.6. The Bertz CT molecular complexity index is 315. The molecule has 0 bridgehead atoms. The van der Waals surface area contributed by atoms with Gasteiger partial charge in [0.15, 0.2) is 11.6 Å². The van der Waals surface area contributed by atoms with Crippen LogP contribution in [0.1, 0.15) is 11.1 Å². The third-order valence-corrected chi connectivity index (χ3v) is 2.04. The molecular weight excluding hydrogens is 185 g/mol. The second-order valence-corrected chi connectivity index (χ2v) is 2.90. The van der Waals surface area contributed by atoms with Crippen molar-refractivity contribution in [1.82, 2.24) is 5.48 Å². The highest BCUT2D eigenvalue weighted by Gasteiger charge is 2.11. The Labute approximate surface area is 82.8 Å². The second kappa shape index (κ2) is 4.93. The number of halogens is 1. The number of rotatable bonds is 4. The zero-order valence-electron chi connectivity index (χ0n) is 8.56. The SMILES string of the molecule is CONCc1c(C)ccc(F)c1OC. The number of benzene rings is 1. The monoisotopic (exact) mass is 199 g/mol. The summed E-state index contributed by atoms with van der Waals surface area (Å²) in [6, 6.07) is 3.11. The third kappa shape index (κ3) is 2.21. The molecule has 1 rings (SSSR count). The van der Waals surface area contributed by atoms with Gasteiger partial charge < -0.3 is 9.57 Å². The van der Waals surface area contributed by atoms with Crippen molar-refractivity contribution < 1.29 is 14.0 Å². The summed E-state index contributed by atoms with van der Waals surface area (Å²) in [5, 5.41) is 0. The van der Waals surface area contributed by atoms with Gasteiger partial charge in [-0.1, -0.05) is 6.07 Å². The maximum atomic E-state index is 13.3. The van der Waals surface area contributed by atoms with E-state index in [9.17, 15) is 4.39 Å². The fourth-order valence-corrected chi connectivity index (χ4v) is 1.28. The van der Waals surface area contributed by atoms with E-state index in [0.29, 0.717) is 6.54 Å². The van der Waals surface area contributed by atoms with Crippen LogP contribution in [0.4, 0.5) is 4.39 Å². The smallest absolute Gasteiger partial charge is 0.165 e. The number of nitrogens with one attached hydrogen (secondary N) is 1. The molecular formula is C10H14FNO2. The molecule has 4 heteroatoms. The number of ether oxygens (including phenoxy) is 1. The zero-order valence-corrected chi connectivity index (χ0v) is 8.56. The molecule has 0 aliphatic carbocycles. The highest BCUT2D eigenvalue weighted by atomic mass is 19.1. The summed E-state index contributed by atoms with van der Waals surface area (Å²) in [4.78, 5) is 4.71. The second-order valence-electron chi connectivity index (χ2n) is 2.90. The Morgan fingerprint density at radius 1 is 1.36 bits per heavy atom. The predicted octanol–water partition coefficient (Wildman–Crippen LogP) is 1.79. The molecule has 1 N–H and O–H groups in total. The summed E-state index contributed by atoms with van der Waals surface area (Å²) in [5.74, 6) is -0.0828. The molecule has 0 unspecified atom stereocenters. The van der Waals surface area contributed by atoms with Gasteiger partial charge in [0.25, 0.3) is 0 Å². The van der Waals surface area contributed by atoms with E-state index < -0.39 is 0 Å². The lowest BCUT2D eigenvalue weighted by atomic mass is 10.1. The van der Waals surface area contributed by atoms with Crippen molar-refractivity contribution in [2.75, 3.05) is 14.2 Å². The summed E-state index contributed by atoms with van der Waals surface area (Å²) in [5.41, 5.74) is 4.40. The lowest BCUT2D eigenvalue weighted by Gasteiger charge is -2.12. The first kappa shape index (κ1) is 10.9. The average molecular weight is 199 g/mol. The van der Waals surface area contributed by atoms with E-state index in [1.54, 1.807) is 6.07 Å². The van der Waals surface area contributed by atoms with Gasteiger partial charge in [0, 0.05) is 5.56 Å². The van der Waals surface area contributed by atoms with Crippen LogP contribution >= 0.6 is 0 Å². The molecule has 0 atom stereocenters. The van der Waals surface area contributed by atoms with Gasteiger partial charge in [-0.2, -0.15) is 5.48 Å². The van der Waals surface area contributed by atoms with Crippen LogP contribution in [0.5, 0.6) is 5.75 Å². The van der Waals surface area contributed by atoms with Crippen LogP contribution in [-0.4, -0.2) is 14.2 Å². The van der Waals surface area contributed by atoms with E-state index in [2.05, 4.69) is 5.48 Å². The van der Waals surface area contributed by atoms with Gasteiger partial charge in [-0.25, -0.2) is 4.39 Å². The van der Waals surface area contributed by atoms with Gasteiger partial charge in [-0.05, 0) is 18.6 Å². The Morgan fingerprint density at radius 3 is 2.64 bits per heavy atom. The van der Waals surface area contributed by atoms with Crippen molar-refractivity contribution in [2.24, 2.45) is 0 Å². The summed E-state index contributed by atoms with van der Waals surface area (Å²) in [6.07, 6.45) is 0. The molecule has 0 fully saturated rings. The number of hydrogen-bond acceptors (Lipinski definition) is 3. The van der Waals surface area contributed by atoms with Crippen molar-refractivity contribution in [3.8, 4) is 5.75 Å². The quantitative estimate of drug-likeness (QED) is 0.750. The van der Waals surface area contributed by atoms with Gasteiger partial charge in [-0.15, -0.1) is 0 Å². The van der Waals surface area contributed by atoms with Gasteiger partial charge in [0.1, 0.15) is 0 Å². The van der Waals surface area contributed by atoms with E-state index in [1.165, 1.54) is 20.3 Å². The molecule has 3 nitrogen and oxygen atoms in total. The van der Waals surface area contributed by atoms with Crippen LogP contribution in [0.3, 0.4) is 0 Å². The van der Waals surface area contributed by atoms with E-state index >= 15 is 0 Å². The lowest BCUT2D eigenvalue weighted by molar-refractivity contribution is 0.0858. The highest BCUT2D eigenvalue weighted by Crippen LogP contribution is 2.25. The largest absolute Gasteiger partial charge is 0.493 e. The molecule has 1 aromatic carbocycles. The van der Waals surface area contributed by atoms with E-state index in [4.69, 9.17) is 9.57 Å². The summed E-state index contributed by atoms with van der Waals surface area (Å²) < 4.78 is 18.2. The number of methoxy groups -OCH3 is 1. The van der Waals surface area contributed by atoms with Crippen molar-refractivity contribution in [1.29, 1.82) is 0 Å². The van der Waals surface area contributed by atoms with Crippen molar-refractivity contribution in [2.45, 2.75) is 13.5 Å². The Hall–Kier alpha value is -1.13. The fraction of sp³-hybridized carbons (Fsp3) is 0.400. The lowest BCUT2D eigenvalue weighted by Crippen LogP contribution is -2.13. The fourth-order valence-electron chi connectivity index (χ4n) is 1.28. The van der Waals surface area contributed by atoms with Gasteiger partial charge >= 0.3 is 0 Å². The number of hydroxylamine groups is 1. The van der Waals surface area contributed by atoms with Crippen molar-refractivity contribution >= 4 is 0 Å². The molecule has 0 heterocycles. The highest BCUT2D eigenvalue weighted by molar-refractivity contribution is 5.40. The minimum absolute atomic E-state index is 0.273. The standard InChI is InChI=1S/C10H14FNO2/c1-7-4-5-9(11)10(13-2)8(7)6-12-14-3/h4-5,12H,6H2,1-3H3. The molecule has 0 radical (unpaired) electrons. The first-order chi connectivity index (χ1) is 6.70. The Balaban J connectivity index is 3.03. The van der Waals surface area contributed by atoms with Crippen LogP contribution in [-0.2, 0) is 11.4 Å². The predicted molar refractivity (Wildman–Crippen MR) is 51.5 cm³/mol. The van der Waals surface area contributed by atoms with Crippen molar-refractivity contribution in [3.05, 3.63) is 29.1 Å². The van der Waals surface area contributed by atoms with E-state index in [1.807, 2.05) is 6.92 Å². The molecule has 78 valence electrons. The summed E-state index contributed by atoms with van der Waals surface area (Å²) >= 11 is 0. The van der Waals surface area contributed by atoms with Crippen LogP contribution < -0.4 is 10.2 Å². The van der Waals surface area contributed by atoms with E-state index in [-0.39, 0.29) is 11.6 Å². The topological polar surface area (TPSA) is 30.5 Å². The normalized spacial score (nSPS) is 10.3. The summed E-state index contributed by atoms with van der Waals surface area (Å²) in [7, 11) is 2.97. The minimum atomic E-state index is -0.356. The number of hydrogen-bond donors (Lipinski definition) is 1. The van der Waals surface area contributed by atoms with Crippen LogP contribution in [0.15, 0.2) is 12.1 Å². The van der Waals surface area contributed by atoms with Gasteiger partial charge in [0.05, 0.1) is 20.8 Å². The molecule has 1 aromatic rings. The Kier molecular flexibility index (Phi) is 3.85. The van der Waals surface area contributed by atoms with Crippen molar-refractivity contribution in [3.63, 3.8) is 0 Å². The maximum Gasteiger partial charge on any atom is 0.165 e. The molecule has 0 saturated heterocycles. The van der Waals surface area contributed by atoms with Crippen LogP contribution in [0.25, 0.3) is 0 Å². The first-order valence-electron chi connectivity index (χ1n) is 4.28. The summed E-state index contributed by atoms with van der Waals surface area (Å²) in [6.45, 7) is 2.32. The number of aryl methyl sites for hydroxylation is 1. The van der Waals surface area contributed by atoms with Gasteiger partial charge in [0.2, 0.25) is 0 Å².